The number of esters is 1. The summed E-state index contributed by atoms with van der Waals surface area (Å²) in [4.78, 5) is 11.3. The number of carbonyl (C=O) groups excluding carboxylic acids is 1. The molecule has 0 bridgehead atoms. The first-order valence-corrected chi connectivity index (χ1v) is 5.43. The van der Waals surface area contributed by atoms with E-state index in [1.54, 1.807) is 6.07 Å². The van der Waals surface area contributed by atoms with Crippen molar-refractivity contribution in [2.45, 2.75) is 12.5 Å². The number of nitriles is 2. The van der Waals surface area contributed by atoms with Crippen molar-refractivity contribution in [3.05, 3.63) is 29.3 Å². The van der Waals surface area contributed by atoms with Crippen LogP contribution in [0, 0.1) is 22.7 Å². The largest absolute Gasteiger partial charge is 0.467 e. The van der Waals surface area contributed by atoms with Crippen molar-refractivity contribution in [1.29, 1.82) is 10.5 Å². The summed E-state index contributed by atoms with van der Waals surface area (Å²) in [5.74, 6) is -0.755. The second-order valence-electron chi connectivity index (χ2n) is 4.10. The van der Waals surface area contributed by atoms with Crippen molar-refractivity contribution in [2.75, 3.05) is 19.0 Å². The fourth-order valence-electron chi connectivity index (χ4n) is 1.41. The van der Waals surface area contributed by atoms with Crippen molar-refractivity contribution >= 4 is 11.7 Å². The third-order valence-corrected chi connectivity index (χ3v) is 2.52. The van der Waals surface area contributed by atoms with E-state index < -0.39 is 11.6 Å². The van der Waals surface area contributed by atoms with Crippen LogP contribution in [0.2, 0.25) is 0 Å². The first-order valence-electron chi connectivity index (χ1n) is 5.43. The van der Waals surface area contributed by atoms with Gasteiger partial charge in [-0.1, -0.05) is 0 Å². The van der Waals surface area contributed by atoms with Gasteiger partial charge in [0.05, 0.1) is 24.8 Å². The number of carbonyl (C=O) groups is 1. The maximum absolute atomic E-state index is 11.3. The predicted octanol–water partition coefficient (Wildman–Crippen LogP) is 0.766. The number of nitrogens with one attached hydrogen (secondary N) is 1. The van der Waals surface area contributed by atoms with Gasteiger partial charge in [0.15, 0.2) is 5.60 Å². The molecule has 0 heterocycles. The van der Waals surface area contributed by atoms with Crippen LogP contribution in [-0.4, -0.2) is 30.3 Å². The normalized spacial score (nSPS) is 12.7. The molecule has 6 nitrogen and oxygen atoms in total. The summed E-state index contributed by atoms with van der Waals surface area (Å²) in [7, 11) is 1.19. The number of nitrogens with zero attached hydrogens (tertiary/aromatic N) is 2. The highest BCUT2D eigenvalue weighted by Crippen LogP contribution is 2.16. The van der Waals surface area contributed by atoms with Crippen molar-refractivity contribution in [1.82, 2.24) is 0 Å². The smallest absolute Gasteiger partial charge is 0.339 e. The molecule has 0 saturated carbocycles. The zero-order valence-electron chi connectivity index (χ0n) is 10.6. The van der Waals surface area contributed by atoms with Gasteiger partial charge in [-0.2, -0.15) is 10.5 Å². The lowest BCUT2D eigenvalue weighted by atomic mass is 10.1. The first kappa shape index (κ1) is 14.5. The molecule has 0 fully saturated rings. The molecule has 1 rings (SSSR count). The molecule has 0 aliphatic rings. The quantitative estimate of drug-likeness (QED) is 0.773. The van der Waals surface area contributed by atoms with Gasteiger partial charge in [0, 0.05) is 5.69 Å². The molecule has 1 atom stereocenters. The number of rotatable bonds is 4. The molecule has 0 aliphatic carbocycles. The third-order valence-electron chi connectivity index (χ3n) is 2.52. The minimum absolute atomic E-state index is 0.0730. The van der Waals surface area contributed by atoms with Gasteiger partial charge in [-0.3, -0.25) is 0 Å². The molecule has 1 unspecified atom stereocenters. The van der Waals surface area contributed by atoms with Gasteiger partial charge >= 0.3 is 5.97 Å². The summed E-state index contributed by atoms with van der Waals surface area (Å²) in [6.07, 6.45) is 0. The van der Waals surface area contributed by atoms with Crippen molar-refractivity contribution in [3.8, 4) is 12.1 Å². The Balaban J connectivity index is 2.83. The Kier molecular flexibility index (Phi) is 4.46. The molecule has 1 aromatic carbocycles. The maximum atomic E-state index is 11.3. The zero-order chi connectivity index (χ0) is 14.5. The van der Waals surface area contributed by atoms with Gasteiger partial charge in [-0.15, -0.1) is 0 Å². The zero-order valence-corrected chi connectivity index (χ0v) is 10.6. The fourth-order valence-corrected chi connectivity index (χ4v) is 1.41. The fraction of sp³-hybridized carbons (Fsp3) is 0.308. The number of benzene rings is 1. The van der Waals surface area contributed by atoms with E-state index >= 15 is 0 Å². The standard InChI is InChI=1S/C13H13N3O3/c1-13(18,12(17)19-2)8-16-11-4-3-9(6-14)10(5-11)7-15/h3-5,16,18H,8H2,1-2H3. The average molecular weight is 259 g/mol. The Bertz CT molecular complexity index is 567. The molecule has 0 aliphatic heterocycles. The minimum Gasteiger partial charge on any atom is -0.467 e. The molecule has 1 aromatic rings. The molecular weight excluding hydrogens is 246 g/mol. The van der Waals surface area contributed by atoms with Crippen LogP contribution < -0.4 is 5.32 Å². The van der Waals surface area contributed by atoms with E-state index in [0.717, 1.165) is 0 Å². The van der Waals surface area contributed by atoms with Crippen LogP contribution in [0.15, 0.2) is 18.2 Å². The monoisotopic (exact) mass is 259 g/mol. The lowest BCUT2D eigenvalue weighted by Gasteiger charge is -2.21. The van der Waals surface area contributed by atoms with Crippen LogP contribution in [0.1, 0.15) is 18.1 Å². The Morgan fingerprint density at radius 3 is 2.58 bits per heavy atom. The lowest BCUT2D eigenvalue weighted by molar-refractivity contribution is -0.158. The average Bonchev–Trinajstić information content (AvgIpc) is 2.43. The highest BCUT2D eigenvalue weighted by molar-refractivity contribution is 5.79. The van der Waals surface area contributed by atoms with Crippen LogP contribution in [0.5, 0.6) is 0 Å². The predicted molar refractivity (Wildman–Crippen MR) is 67.0 cm³/mol. The van der Waals surface area contributed by atoms with E-state index in [1.807, 2.05) is 12.1 Å². The van der Waals surface area contributed by atoms with Crippen LogP contribution in [-0.2, 0) is 9.53 Å². The van der Waals surface area contributed by atoms with E-state index in [-0.39, 0.29) is 17.7 Å². The molecule has 19 heavy (non-hydrogen) atoms. The van der Waals surface area contributed by atoms with E-state index in [9.17, 15) is 9.90 Å². The number of aliphatic hydroxyl groups is 1. The number of methoxy groups -OCH3 is 1. The number of ether oxygens (including phenoxy) is 1. The van der Waals surface area contributed by atoms with Crippen molar-refractivity contribution in [2.24, 2.45) is 0 Å². The van der Waals surface area contributed by atoms with Gasteiger partial charge in [-0.05, 0) is 25.1 Å². The topological polar surface area (TPSA) is 106 Å². The van der Waals surface area contributed by atoms with E-state index in [1.165, 1.54) is 26.2 Å². The van der Waals surface area contributed by atoms with Gasteiger partial charge in [0.1, 0.15) is 12.1 Å². The lowest BCUT2D eigenvalue weighted by Crippen LogP contribution is -2.42. The van der Waals surface area contributed by atoms with Crippen LogP contribution >= 0.6 is 0 Å². The highest BCUT2D eigenvalue weighted by atomic mass is 16.5. The van der Waals surface area contributed by atoms with E-state index in [2.05, 4.69) is 10.1 Å². The molecule has 0 spiro atoms. The number of hydrogen-bond donors (Lipinski definition) is 2. The summed E-state index contributed by atoms with van der Waals surface area (Å²) in [6, 6.07) is 8.36. The van der Waals surface area contributed by atoms with Gasteiger partial charge in [0.25, 0.3) is 0 Å². The molecule has 0 radical (unpaired) electrons. The first-order chi connectivity index (χ1) is 8.94. The molecule has 98 valence electrons. The summed E-state index contributed by atoms with van der Waals surface area (Å²) in [6.45, 7) is 1.25. The summed E-state index contributed by atoms with van der Waals surface area (Å²) >= 11 is 0. The van der Waals surface area contributed by atoms with Gasteiger partial charge < -0.3 is 15.2 Å². The number of hydrogen-bond acceptors (Lipinski definition) is 6. The SMILES string of the molecule is COC(=O)C(C)(O)CNc1ccc(C#N)c(C#N)c1. The summed E-state index contributed by atoms with van der Waals surface area (Å²) in [5, 5.41) is 30.3. The molecule has 6 heteroatoms. The Morgan fingerprint density at radius 2 is 2.05 bits per heavy atom. The van der Waals surface area contributed by atoms with Crippen molar-refractivity contribution in [3.63, 3.8) is 0 Å². The number of anilines is 1. The van der Waals surface area contributed by atoms with Crippen LogP contribution in [0.4, 0.5) is 5.69 Å². The second kappa shape index (κ2) is 5.85. The maximum Gasteiger partial charge on any atom is 0.339 e. The van der Waals surface area contributed by atoms with Crippen molar-refractivity contribution < 1.29 is 14.6 Å². The molecule has 2 N–H and O–H groups in total. The van der Waals surface area contributed by atoms with Crippen LogP contribution in [0.25, 0.3) is 0 Å². The summed E-state index contributed by atoms with van der Waals surface area (Å²) < 4.78 is 4.46. The molecule has 0 amide bonds. The van der Waals surface area contributed by atoms with Gasteiger partial charge in [0.2, 0.25) is 0 Å². The van der Waals surface area contributed by atoms with Gasteiger partial charge in [-0.25, -0.2) is 4.79 Å². The van der Waals surface area contributed by atoms with Crippen LogP contribution in [0.3, 0.4) is 0 Å². The minimum atomic E-state index is -1.67. The molecular formula is C13H13N3O3. The van der Waals surface area contributed by atoms with E-state index in [0.29, 0.717) is 5.69 Å². The Hall–Kier alpha value is -2.57. The third kappa shape index (κ3) is 3.44. The summed E-state index contributed by atoms with van der Waals surface area (Å²) in [5.41, 5.74) is -0.646. The highest BCUT2D eigenvalue weighted by Gasteiger charge is 2.31. The molecule has 0 aromatic heterocycles. The molecule has 0 saturated heterocycles. The van der Waals surface area contributed by atoms with E-state index in [4.69, 9.17) is 10.5 Å². The Labute approximate surface area is 110 Å². The Morgan fingerprint density at radius 1 is 1.42 bits per heavy atom. The second-order valence-corrected chi connectivity index (χ2v) is 4.10.